The van der Waals surface area contributed by atoms with E-state index in [4.69, 9.17) is 4.74 Å². The van der Waals surface area contributed by atoms with Gasteiger partial charge in [0.25, 0.3) is 0 Å². The normalized spacial score (nSPS) is 21.2. The number of pyridine rings is 1. The van der Waals surface area contributed by atoms with Gasteiger partial charge in [0.1, 0.15) is 5.82 Å². The molecule has 1 aromatic rings. The first kappa shape index (κ1) is 12.8. The van der Waals surface area contributed by atoms with Gasteiger partial charge in [-0.2, -0.15) is 0 Å². The van der Waals surface area contributed by atoms with Crippen LogP contribution < -0.4 is 4.90 Å². The summed E-state index contributed by atoms with van der Waals surface area (Å²) in [5, 5.41) is 0.859. The molecule has 2 heterocycles. The van der Waals surface area contributed by atoms with E-state index in [-0.39, 0.29) is 6.10 Å². The van der Waals surface area contributed by atoms with Crippen molar-refractivity contribution in [3.8, 4) is 0 Å². The van der Waals surface area contributed by atoms with E-state index < -0.39 is 0 Å². The molecule has 0 radical (unpaired) electrons. The number of rotatable bonds is 2. The van der Waals surface area contributed by atoms with Gasteiger partial charge < -0.3 is 9.64 Å². The van der Waals surface area contributed by atoms with Crippen LogP contribution in [0.15, 0.2) is 21.2 Å². The lowest BCUT2D eigenvalue weighted by Crippen LogP contribution is -2.43. The minimum Gasteiger partial charge on any atom is -0.374 e. The molecule has 3 nitrogen and oxygen atoms in total. The van der Waals surface area contributed by atoms with Crippen LogP contribution in [0.3, 0.4) is 0 Å². The highest BCUT2D eigenvalue weighted by atomic mass is 79.9. The molecule has 0 aliphatic carbocycles. The lowest BCUT2D eigenvalue weighted by molar-refractivity contribution is 0.0567. The van der Waals surface area contributed by atoms with Gasteiger partial charge in [-0.15, -0.1) is 0 Å². The Bertz CT molecular complexity index is 375. The Balaban J connectivity index is 2.16. The van der Waals surface area contributed by atoms with Crippen molar-refractivity contribution in [1.82, 2.24) is 4.98 Å². The van der Waals surface area contributed by atoms with Crippen molar-refractivity contribution < 1.29 is 4.74 Å². The maximum atomic E-state index is 5.60. The zero-order valence-electron chi connectivity index (χ0n) is 8.50. The largest absolute Gasteiger partial charge is 0.374 e. The third kappa shape index (κ3) is 2.97. The van der Waals surface area contributed by atoms with E-state index in [1.165, 1.54) is 0 Å². The Hall–Kier alpha value is 0.350. The van der Waals surface area contributed by atoms with E-state index in [2.05, 4.69) is 57.7 Å². The molecule has 1 atom stereocenters. The average Bonchev–Trinajstić information content (AvgIpc) is 2.29. The van der Waals surface area contributed by atoms with Gasteiger partial charge in [-0.05, 0) is 37.9 Å². The van der Waals surface area contributed by atoms with E-state index in [1.807, 2.05) is 12.3 Å². The lowest BCUT2D eigenvalue weighted by atomic mass is 10.3. The van der Waals surface area contributed by atoms with Crippen LogP contribution in [-0.2, 0) is 4.74 Å². The van der Waals surface area contributed by atoms with E-state index in [1.54, 1.807) is 0 Å². The van der Waals surface area contributed by atoms with Gasteiger partial charge in [0, 0.05) is 29.1 Å². The van der Waals surface area contributed by atoms with Gasteiger partial charge in [0.05, 0.1) is 17.2 Å². The molecule has 0 N–H and O–H groups in total. The number of alkyl halides is 1. The Morgan fingerprint density at radius 2 is 2.31 bits per heavy atom. The summed E-state index contributed by atoms with van der Waals surface area (Å²) >= 11 is 10.4. The topological polar surface area (TPSA) is 25.4 Å². The summed E-state index contributed by atoms with van der Waals surface area (Å²) in [5.74, 6) is 0.984. The lowest BCUT2D eigenvalue weighted by Gasteiger charge is -2.33. The molecule has 0 spiro atoms. The molecule has 6 heteroatoms. The van der Waals surface area contributed by atoms with Gasteiger partial charge >= 0.3 is 0 Å². The molecule has 16 heavy (non-hydrogen) atoms. The highest BCUT2D eigenvalue weighted by molar-refractivity contribution is 9.11. The van der Waals surface area contributed by atoms with Gasteiger partial charge in [0.15, 0.2) is 0 Å². The second kappa shape index (κ2) is 5.80. The standard InChI is InChI=1S/C10H11Br3N2O/c11-4-8-6-15(1-2-16-8)10-9(13)3-7(12)5-14-10/h3,5,8H,1-2,4,6H2. The molecule has 1 aliphatic heterocycles. The number of aromatic nitrogens is 1. The molecule has 0 saturated carbocycles. The van der Waals surface area contributed by atoms with Crippen molar-refractivity contribution in [2.75, 3.05) is 29.9 Å². The van der Waals surface area contributed by atoms with Crippen molar-refractivity contribution in [3.63, 3.8) is 0 Å². The average molecular weight is 415 g/mol. The molecular weight excluding hydrogens is 404 g/mol. The summed E-state index contributed by atoms with van der Waals surface area (Å²) in [6, 6.07) is 2.01. The number of hydrogen-bond acceptors (Lipinski definition) is 3. The SMILES string of the molecule is BrCC1CN(c2ncc(Br)cc2Br)CCO1. The highest BCUT2D eigenvalue weighted by Gasteiger charge is 2.21. The molecule has 88 valence electrons. The Morgan fingerprint density at radius 1 is 1.50 bits per heavy atom. The second-order valence-corrected chi connectivity index (χ2v) is 5.97. The van der Waals surface area contributed by atoms with Crippen LogP contribution in [0.5, 0.6) is 0 Å². The minimum absolute atomic E-state index is 0.242. The first-order valence-corrected chi connectivity index (χ1v) is 7.65. The molecule has 1 saturated heterocycles. The van der Waals surface area contributed by atoms with Crippen LogP contribution in [0, 0.1) is 0 Å². The fourth-order valence-electron chi connectivity index (χ4n) is 1.65. The van der Waals surface area contributed by atoms with Gasteiger partial charge in [0.2, 0.25) is 0 Å². The number of halogens is 3. The first-order valence-electron chi connectivity index (χ1n) is 4.94. The zero-order valence-corrected chi connectivity index (χ0v) is 13.3. The number of morpholine rings is 1. The maximum absolute atomic E-state index is 5.60. The van der Waals surface area contributed by atoms with Crippen LogP contribution in [0.2, 0.25) is 0 Å². The van der Waals surface area contributed by atoms with Gasteiger partial charge in [-0.25, -0.2) is 4.98 Å². The van der Waals surface area contributed by atoms with E-state index in [0.717, 1.165) is 39.8 Å². The smallest absolute Gasteiger partial charge is 0.143 e. The summed E-state index contributed by atoms with van der Waals surface area (Å²) in [6.45, 7) is 2.51. The van der Waals surface area contributed by atoms with E-state index in [9.17, 15) is 0 Å². The summed E-state index contributed by atoms with van der Waals surface area (Å²) in [7, 11) is 0. The fraction of sp³-hybridized carbons (Fsp3) is 0.500. The summed E-state index contributed by atoms with van der Waals surface area (Å²) in [6.07, 6.45) is 2.06. The van der Waals surface area contributed by atoms with E-state index in [0.29, 0.717) is 0 Å². The van der Waals surface area contributed by atoms with Crippen molar-refractivity contribution in [3.05, 3.63) is 21.2 Å². The third-order valence-electron chi connectivity index (χ3n) is 2.40. The second-order valence-electron chi connectivity index (χ2n) is 3.55. The van der Waals surface area contributed by atoms with Gasteiger partial charge in [-0.1, -0.05) is 15.9 Å². The molecule has 2 rings (SSSR count). The highest BCUT2D eigenvalue weighted by Crippen LogP contribution is 2.28. The predicted molar refractivity (Wildman–Crippen MR) is 75.4 cm³/mol. The van der Waals surface area contributed by atoms with Crippen LogP contribution in [-0.4, -0.2) is 36.1 Å². The monoisotopic (exact) mass is 412 g/mol. The minimum atomic E-state index is 0.242. The number of anilines is 1. The zero-order chi connectivity index (χ0) is 11.5. The quantitative estimate of drug-likeness (QED) is 0.695. The van der Waals surface area contributed by atoms with Crippen LogP contribution in [0.1, 0.15) is 0 Å². The molecule has 0 bridgehead atoms. The van der Waals surface area contributed by atoms with E-state index >= 15 is 0 Å². The maximum Gasteiger partial charge on any atom is 0.143 e. The Morgan fingerprint density at radius 3 is 3.00 bits per heavy atom. The molecule has 1 aliphatic rings. The predicted octanol–water partition coefficient (Wildman–Crippen LogP) is 3.21. The number of ether oxygens (including phenoxy) is 1. The molecule has 1 unspecified atom stereocenters. The first-order chi connectivity index (χ1) is 7.70. The number of nitrogens with zero attached hydrogens (tertiary/aromatic N) is 2. The molecule has 0 aromatic carbocycles. The van der Waals surface area contributed by atoms with Crippen molar-refractivity contribution >= 4 is 53.6 Å². The van der Waals surface area contributed by atoms with Crippen molar-refractivity contribution in [1.29, 1.82) is 0 Å². The van der Waals surface area contributed by atoms with Crippen molar-refractivity contribution in [2.24, 2.45) is 0 Å². The molecular formula is C10H11Br3N2O. The summed E-state index contributed by atoms with van der Waals surface area (Å²) in [5.41, 5.74) is 0. The number of hydrogen-bond donors (Lipinski definition) is 0. The molecule has 0 amide bonds. The van der Waals surface area contributed by atoms with Crippen LogP contribution in [0.25, 0.3) is 0 Å². The van der Waals surface area contributed by atoms with Crippen LogP contribution >= 0.6 is 47.8 Å². The molecule has 1 aromatic heterocycles. The summed E-state index contributed by atoms with van der Waals surface area (Å²) in [4.78, 5) is 6.67. The fourth-order valence-corrected chi connectivity index (χ4v) is 3.28. The third-order valence-corrected chi connectivity index (χ3v) is 4.14. The van der Waals surface area contributed by atoms with Crippen LogP contribution in [0.4, 0.5) is 5.82 Å². The summed E-state index contributed by atoms with van der Waals surface area (Å²) < 4.78 is 7.59. The molecule has 1 fully saturated rings. The Kier molecular flexibility index (Phi) is 4.64. The Labute approximate surface area is 120 Å². The van der Waals surface area contributed by atoms with Gasteiger partial charge in [-0.3, -0.25) is 0 Å². The van der Waals surface area contributed by atoms with Crippen molar-refractivity contribution in [2.45, 2.75) is 6.10 Å².